The quantitative estimate of drug-likeness (QED) is 0.186. The molecule has 7 aliphatic rings. The van der Waals surface area contributed by atoms with Crippen LogP contribution in [-0.2, 0) is 23.7 Å². The van der Waals surface area contributed by atoms with Gasteiger partial charge in [0.1, 0.15) is 30.5 Å². The Balaban J connectivity index is 1.17. The summed E-state index contributed by atoms with van der Waals surface area (Å²) in [6, 6.07) is 0. The van der Waals surface area contributed by atoms with E-state index in [2.05, 4.69) is 34.6 Å². The summed E-state index contributed by atoms with van der Waals surface area (Å²) in [5.41, 5.74) is -2.59. The van der Waals surface area contributed by atoms with E-state index in [4.69, 9.17) is 18.9 Å². The Morgan fingerprint density at radius 2 is 1.58 bits per heavy atom. The number of carbonyl (C=O) groups excluding carboxylic acids is 1. The lowest BCUT2D eigenvalue weighted by atomic mass is 9.41. The molecule has 3 unspecified atom stereocenters. The summed E-state index contributed by atoms with van der Waals surface area (Å²) in [6.07, 6.45) is -0.902. The van der Waals surface area contributed by atoms with Crippen LogP contribution >= 0.6 is 0 Å². The molecule has 2 saturated heterocycles. The Kier molecular flexibility index (Phi) is 8.01. The highest BCUT2D eigenvalue weighted by atomic mass is 16.7. The van der Waals surface area contributed by atoms with Crippen LogP contribution < -0.4 is 0 Å². The van der Waals surface area contributed by atoms with Crippen LogP contribution in [0.25, 0.3) is 0 Å². The van der Waals surface area contributed by atoms with E-state index >= 15 is 0 Å². The SMILES string of the molecule is CC(=O)OC(C1C[C@@H](C)[C@H]2[C@](O)(O1)C(O)[C@@]1(C)[C@@H]3CC[C@H]4C(C)(C)[C@@H](O[C@@H]5OC[C@@H](O)[C@H](O)[C@H]5O)CC[C@@]45C[C@@]35CC[C@]21C)C(C)(C)O. The summed E-state index contributed by atoms with van der Waals surface area (Å²) in [6.45, 7) is 15.4. The number of esters is 1. The van der Waals surface area contributed by atoms with Gasteiger partial charge < -0.3 is 49.6 Å². The van der Waals surface area contributed by atoms with Gasteiger partial charge in [-0.1, -0.05) is 34.6 Å². The summed E-state index contributed by atoms with van der Waals surface area (Å²) < 4.78 is 24.2. The average Bonchev–Trinajstić information content (AvgIpc) is 3.62. The number of aliphatic hydroxyl groups is 6. The molecule has 17 atom stereocenters. The van der Waals surface area contributed by atoms with Crippen LogP contribution in [0.4, 0.5) is 0 Å². The normalized spacial score (nSPS) is 56.1. The Labute approximate surface area is 284 Å². The molecule has 6 N–H and O–H groups in total. The highest BCUT2D eigenvalue weighted by Crippen LogP contribution is 2.89. The second kappa shape index (κ2) is 10.8. The first kappa shape index (κ1) is 35.5. The van der Waals surface area contributed by atoms with E-state index in [9.17, 15) is 35.4 Å². The maximum absolute atomic E-state index is 12.6. The van der Waals surface area contributed by atoms with Gasteiger partial charge in [-0.3, -0.25) is 4.79 Å². The molecule has 0 amide bonds. The minimum absolute atomic E-state index is 0.0222. The van der Waals surface area contributed by atoms with E-state index in [0.717, 1.165) is 44.9 Å². The molecule has 0 radical (unpaired) electrons. The third-order valence-electron chi connectivity index (χ3n) is 15.9. The van der Waals surface area contributed by atoms with Crippen molar-refractivity contribution < 1.29 is 54.4 Å². The van der Waals surface area contributed by atoms with Gasteiger partial charge in [0.05, 0.1) is 18.3 Å². The molecule has 5 saturated carbocycles. The van der Waals surface area contributed by atoms with Gasteiger partial charge in [0.15, 0.2) is 18.2 Å². The van der Waals surface area contributed by atoms with E-state index in [1.165, 1.54) is 6.92 Å². The van der Waals surface area contributed by atoms with Crippen molar-refractivity contribution in [1.29, 1.82) is 0 Å². The lowest BCUT2D eigenvalue weighted by molar-refractivity contribution is -0.342. The Hall–Kier alpha value is -0.890. The van der Waals surface area contributed by atoms with E-state index in [1.807, 2.05) is 0 Å². The number of aliphatic hydroxyl groups excluding tert-OH is 4. The van der Waals surface area contributed by atoms with Crippen molar-refractivity contribution in [3.63, 3.8) is 0 Å². The molecule has 5 aliphatic carbocycles. The molecule has 7 rings (SSSR count). The largest absolute Gasteiger partial charge is 0.457 e. The van der Waals surface area contributed by atoms with Gasteiger partial charge in [0.25, 0.3) is 0 Å². The lowest BCUT2D eigenvalue weighted by Gasteiger charge is -2.63. The first-order chi connectivity index (χ1) is 22.1. The number of carbonyl (C=O) groups is 1. The fraction of sp³-hybridized carbons (Fsp3) is 0.973. The van der Waals surface area contributed by atoms with Gasteiger partial charge in [0.2, 0.25) is 0 Å². The maximum Gasteiger partial charge on any atom is 0.303 e. The number of hydrogen-bond donors (Lipinski definition) is 6. The smallest absolute Gasteiger partial charge is 0.303 e. The molecule has 0 aromatic carbocycles. The first-order valence-electron chi connectivity index (χ1n) is 18.4. The van der Waals surface area contributed by atoms with Crippen LogP contribution in [0.3, 0.4) is 0 Å². The van der Waals surface area contributed by atoms with Gasteiger partial charge >= 0.3 is 5.97 Å². The predicted octanol–water partition coefficient (Wildman–Crippen LogP) is 2.65. The second-order valence-electron chi connectivity index (χ2n) is 18.8. The summed E-state index contributed by atoms with van der Waals surface area (Å²) in [4.78, 5) is 12.1. The molecule has 0 aromatic heterocycles. The summed E-state index contributed by atoms with van der Waals surface area (Å²) in [7, 11) is 0. The van der Waals surface area contributed by atoms with Crippen molar-refractivity contribution in [3.05, 3.63) is 0 Å². The molecule has 2 aliphatic heterocycles. The van der Waals surface area contributed by atoms with Crippen LogP contribution in [-0.4, -0.2) is 104 Å². The van der Waals surface area contributed by atoms with E-state index in [0.29, 0.717) is 12.3 Å². The fourth-order valence-electron chi connectivity index (χ4n) is 13.8. The van der Waals surface area contributed by atoms with Crippen molar-refractivity contribution in [3.8, 4) is 0 Å². The van der Waals surface area contributed by atoms with Gasteiger partial charge in [-0.2, -0.15) is 0 Å². The Morgan fingerprint density at radius 3 is 2.23 bits per heavy atom. The van der Waals surface area contributed by atoms with Crippen LogP contribution in [0.15, 0.2) is 0 Å². The minimum atomic E-state index is -1.86. The number of ether oxygens (including phenoxy) is 4. The predicted molar refractivity (Wildman–Crippen MR) is 172 cm³/mol. The van der Waals surface area contributed by atoms with Crippen molar-refractivity contribution in [2.75, 3.05) is 6.61 Å². The third kappa shape index (κ3) is 4.41. The topological polar surface area (TPSA) is 175 Å². The molecule has 11 heteroatoms. The van der Waals surface area contributed by atoms with Crippen LogP contribution in [0.1, 0.15) is 107 Å². The van der Waals surface area contributed by atoms with E-state index in [1.54, 1.807) is 13.8 Å². The first-order valence-corrected chi connectivity index (χ1v) is 18.4. The zero-order valence-corrected chi connectivity index (χ0v) is 30.0. The van der Waals surface area contributed by atoms with E-state index < -0.39 is 71.1 Å². The summed E-state index contributed by atoms with van der Waals surface area (Å²) in [5.74, 6) is -2.26. The van der Waals surface area contributed by atoms with Gasteiger partial charge in [-0.25, -0.2) is 0 Å². The molecule has 2 heterocycles. The van der Waals surface area contributed by atoms with Crippen molar-refractivity contribution in [2.45, 2.75) is 167 Å². The van der Waals surface area contributed by atoms with Crippen LogP contribution in [0.2, 0.25) is 0 Å². The van der Waals surface area contributed by atoms with Crippen LogP contribution in [0.5, 0.6) is 0 Å². The molecular formula is C37H60O11. The molecule has 48 heavy (non-hydrogen) atoms. The van der Waals surface area contributed by atoms with Gasteiger partial charge in [-0.15, -0.1) is 0 Å². The number of rotatable bonds is 5. The standard InChI is InChI=1S/C37H60O11/c1-18-15-21(28(32(5,6)43)46-19(2)38)48-37(44)27(18)33(7)13-14-36-17-35(36)12-11-24(47-29-26(41)25(40)20(39)16-45-29)31(3,4)22(35)9-10-23(36)34(33,8)30(37)42/h18,20-30,39-44H,9-17H2,1-8H3/t18-,20-,21?,22+,23+,24+,25+,26-,27-,28?,29+,30?,33-,34-,35-,36+,37+/m1/s1. The molecule has 274 valence electrons. The zero-order valence-electron chi connectivity index (χ0n) is 30.0. The van der Waals surface area contributed by atoms with Crippen molar-refractivity contribution in [2.24, 2.45) is 50.7 Å². The second-order valence-corrected chi connectivity index (χ2v) is 18.8. The monoisotopic (exact) mass is 680 g/mol. The molecular weight excluding hydrogens is 620 g/mol. The van der Waals surface area contributed by atoms with Gasteiger partial charge in [-0.05, 0) is 105 Å². The number of hydrogen-bond acceptors (Lipinski definition) is 11. The maximum atomic E-state index is 12.6. The zero-order chi connectivity index (χ0) is 35.2. The molecule has 11 nitrogen and oxygen atoms in total. The number of fused-ring (bicyclic) bond motifs is 4. The fourth-order valence-corrected chi connectivity index (χ4v) is 13.8. The molecule has 0 aromatic rings. The lowest BCUT2D eigenvalue weighted by Crippen LogP contribution is -2.62. The highest BCUT2D eigenvalue weighted by molar-refractivity contribution is 5.66. The third-order valence-corrected chi connectivity index (χ3v) is 15.9. The van der Waals surface area contributed by atoms with Crippen molar-refractivity contribution in [1.82, 2.24) is 0 Å². The molecule has 2 spiro atoms. The Bertz CT molecular complexity index is 1300. The average molecular weight is 681 g/mol. The Morgan fingerprint density at radius 1 is 0.938 bits per heavy atom. The van der Waals surface area contributed by atoms with Crippen LogP contribution in [0, 0.1) is 50.7 Å². The minimum Gasteiger partial charge on any atom is -0.457 e. The van der Waals surface area contributed by atoms with Gasteiger partial charge in [0, 0.05) is 18.3 Å². The summed E-state index contributed by atoms with van der Waals surface area (Å²) in [5, 5.41) is 67.0. The van der Waals surface area contributed by atoms with E-state index in [-0.39, 0.29) is 46.7 Å². The molecule has 0 bridgehead atoms. The van der Waals surface area contributed by atoms with Crippen molar-refractivity contribution >= 4 is 5.97 Å². The molecule has 7 fully saturated rings. The highest BCUT2D eigenvalue weighted by Gasteiger charge is 2.86. The summed E-state index contributed by atoms with van der Waals surface area (Å²) >= 11 is 0.